The van der Waals surface area contributed by atoms with Crippen LogP contribution in [0.15, 0.2) is 0 Å². The third-order valence-corrected chi connectivity index (χ3v) is 3.39. The molecule has 1 aliphatic rings. The predicted molar refractivity (Wildman–Crippen MR) is 63.5 cm³/mol. The molecule has 3 unspecified atom stereocenters. The second-order valence-corrected chi connectivity index (χ2v) is 5.65. The minimum Gasteiger partial charge on any atom is -0.311 e. The summed E-state index contributed by atoms with van der Waals surface area (Å²) in [5.41, 5.74) is 0. The molecule has 1 nitrogen and oxygen atoms in total. The monoisotopic (exact) mass is 197 g/mol. The van der Waals surface area contributed by atoms with Crippen molar-refractivity contribution in [2.45, 2.75) is 71.9 Å². The molecule has 0 bridgehead atoms. The van der Waals surface area contributed by atoms with E-state index in [1.54, 1.807) is 0 Å². The Balaban J connectivity index is 2.10. The quantitative estimate of drug-likeness (QED) is 0.710. The third kappa shape index (κ3) is 4.45. The highest BCUT2D eigenvalue weighted by atomic mass is 14.9. The van der Waals surface area contributed by atoms with Crippen LogP contribution in [0.1, 0.15) is 59.8 Å². The van der Waals surface area contributed by atoms with Crippen LogP contribution in [0.5, 0.6) is 0 Å². The van der Waals surface area contributed by atoms with Gasteiger partial charge in [0.25, 0.3) is 0 Å². The Bertz CT molecular complexity index is 153. The molecule has 14 heavy (non-hydrogen) atoms. The average Bonchev–Trinajstić information content (AvgIpc) is 2.48. The van der Waals surface area contributed by atoms with Gasteiger partial charge in [-0.2, -0.15) is 0 Å². The molecule has 84 valence electrons. The van der Waals surface area contributed by atoms with Crippen LogP contribution < -0.4 is 5.32 Å². The molecule has 1 aliphatic carbocycles. The summed E-state index contributed by atoms with van der Waals surface area (Å²) in [5, 5.41) is 3.76. The van der Waals surface area contributed by atoms with Gasteiger partial charge in [0, 0.05) is 12.1 Å². The van der Waals surface area contributed by atoms with Crippen LogP contribution in [0.25, 0.3) is 0 Å². The standard InChI is InChI=1S/C13H27N/c1-10(2)5-7-12(4)14-13-8-6-11(3)9-13/h10-14H,5-9H2,1-4H3. The fourth-order valence-corrected chi connectivity index (χ4v) is 2.43. The van der Waals surface area contributed by atoms with E-state index in [4.69, 9.17) is 0 Å². The van der Waals surface area contributed by atoms with E-state index < -0.39 is 0 Å². The van der Waals surface area contributed by atoms with Crippen molar-refractivity contribution < 1.29 is 0 Å². The highest BCUT2D eigenvalue weighted by molar-refractivity contribution is 4.80. The number of nitrogens with one attached hydrogen (secondary N) is 1. The van der Waals surface area contributed by atoms with Gasteiger partial charge in [0.05, 0.1) is 0 Å². The van der Waals surface area contributed by atoms with Crippen LogP contribution >= 0.6 is 0 Å². The van der Waals surface area contributed by atoms with E-state index >= 15 is 0 Å². The van der Waals surface area contributed by atoms with E-state index in [2.05, 4.69) is 33.0 Å². The summed E-state index contributed by atoms with van der Waals surface area (Å²) in [6.07, 6.45) is 6.91. The van der Waals surface area contributed by atoms with Gasteiger partial charge in [0.2, 0.25) is 0 Å². The van der Waals surface area contributed by atoms with Crippen molar-refractivity contribution in [3.05, 3.63) is 0 Å². The van der Waals surface area contributed by atoms with E-state index in [1.165, 1.54) is 32.1 Å². The first-order chi connectivity index (χ1) is 6.58. The van der Waals surface area contributed by atoms with Crippen LogP contribution in [0, 0.1) is 11.8 Å². The molecule has 1 rings (SSSR count). The number of hydrogen-bond acceptors (Lipinski definition) is 1. The molecule has 1 saturated carbocycles. The van der Waals surface area contributed by atoms with Crippen LogP contribution in [-0.2, 0) is 0 Å². The van der Waals surface area contributed by atoms with Crippen molar-refractivity contribution in [2.24, 2.45) is 11.8 Å². The van der Waals surface area contributed by atoms with Crippen molar-refractivity contribution in [1.82, 2.24) is 5.32 Å². The minimum atomic E-state index is 0.715. The highest BCUT2D eigenvalue weighted by Gasteiger charge is 2.21. The topological polar surface area (TPSA) is 12.0 Å². The highest BCUT2D eigenvalue weighted by Crippen LogP contribution is 2.25. The summed E-state index contributed by atoms with van der Waals surface area (Å²) in [6.45, 7) is 9.33. The largest absolute Gasteiger partial charge is 0.311 e. The van der Waals surface area contributed by atoms with E-state index in [-0.39, 0.29) is 0 Å². The lowest BCUT2D eigenvalue weighted by molar-refractivity contribution is 0.396. The second-order valence-electron chi connectivity index (χ2n) is 5.65. The lowest BCUT2D eigenvalue weighted by Crippen LogP contribution is -2.34. The van der Waals surface area contributed by atoms with Gasteiger partial charge in [-0.1, -0.05) is 20.8 Å². The lowest BCUT2D eigenvalue weighted by Gasteiger charge is -2.20. The molecule has 1 heteroatoms. The fraction of sp³-hybridized carbons (Fsp3) is 1.00. The summed E-state index contributed by atoms with van der Waals surface area (Å²) in [6, 6.07) is 1.53. The smallest absolute Gasteiger partial charge is 0.00721 e. The van der Waals surface area contributed by atoms with E-state index in [0.717, 1.165) is 17.9 Å². The maximum Gasteiger partial charge on any atom is 0.00721 e. The fourth-order valence-electron chi connectivity index (χ4n) is 2.43. The molecule has 0 aromatic carbocycles. The van der Waals surface area contributed by atoms with Gasteiger partial charge in [0.15, 0.2) is 0 Å². The van der Waals surface area contributed by atoms with E-state index in [9.17, 15) is 0 Å². The normalized spacial score (nSPS) is 29.8. The third-order valence-electron chi connectivity index (χ3n) is 3.39. The molecular weight excluding hydrogens is 170 g/mol. The summed E-state index contributed by atoms with van der Waals surface area (Å²) in [7, 11) is 0. The Morgan fingerprint density at radius 3 is 2.36 bits per heavy atom. The van der Waals surface area contributed by atoms with Crippen molar-refractivity contribution >= 4 is 0 Å². The van der Waals surface area contributed by atoms with Crippen LogP contribution in [0.3, 0.4) is 0 Å². The van der Waals surface area contributed by atoms with Gasteiger partial charge >= 0.3 is 0 Å². The summed E-state index contributed by atoms with van der Waals surface area (Å²) < 4.78 is 0. The maximum atomic E-state index is 3.76. The van der Waals surface area contributed by atoms with Gasteiger partial charge in [0.1, 0.15) is 0 Å². The molecule has 0 aromatic heterocycles. The van der Waals surface area contributed by atoms with E-state index in [0.29, 0.717) is 6.04 Å². The Kier molecular flexibility index (Phi) is 4.94. The molecule has 0 radical (unpaired) electrons. The van der Waals surface area contributed by atoms with Crippen molar-refractivity contribution in [3.8, 4) is 0 Å². The lowest BCUT2D eigenvalue weighted by atomic mass is 10.0. The molecule has 3 atom stereocenters. The van der Waals surface area contributed by atoms with Crippen molar-refractivity contribution in [2.75, 3.05) is 0 Å². The molecule has 0 heterocycles. The molecule has 1 N–H and O–H groups in total. The van der Waals surface area contributed by atoms with Crippen LogP contribution in [0.4, 0.5) is 0 Å². The number of rotatable bonds is 5. The zero-order valence-corrected chi connectivity index (χ0v) is 10.3. The Morgan fingerprint density at radius 2 is 1.86 bits per heavy atom. The molecule has 0 aromatic rings. The van der Waals surface area contributed by atoms with Crippen LogP contribution in [-0.4, -0.2) is 12.1 Å². The zero-order valence-electron chi connectivity index (χ0n) is 10.3. The Labute approximate surface area is 89.7 Å². The predicted octanol–water partition coefficient (Wildman–Crippen LogP) is 3.59. The molecule has 0 aliphatic heterocycles. The van der Waals surface area contributed by atoms with Gasteiger partial charge in [-0.25, -0.2) is 0 Å². The van der Waals surface area contributed by atoms with Gasteiger partial charge in [-0.3, -0.25) is 0 Å². The van der Waals surface area contributed by atoms with Gasteiger partial charge < -0.3 is 5.32 Å². The first-order valence-electron chi connectivity index (χ1n) is 6.34. The van der Waals surface area contributed by atoms with E-state index in [1.807, 2.05) is 0 Å². The zero-order chi connectivity index (χ0) is 10.6. The van der Waals surface area contributed by atoms with Crippen LogP contribution in [0.2, 0.25) is 0 Å². The SMILES string of the molecule is CC(C)CCC(C)NC1CCC(C)C1. The van der Waals surface area contributed by atoms with Gasteiger partial charge in [-0.15, -0.1) is 0 Å². The first kappa shape index (κ1) is 12.0. The molecule has 1 fully saturated rings. The Hall–Kier alpha value is -0.0400. The molecular formula is C13H27N. The summed E-state index contributed by atoms with van der Waals surface area (Å²) in [5.74, 6) is 1.80. The van der Waals surface area contributed by atoms with Crippen molar-refractivity contribution in [3.63, 3.8) is 0 Å². The Morgan fingerprint density at radius 1 is 1.14 bits per heavy atom. The summed E-state index contributed by atoms with van der Waals surface area (Å²) in [4.78, 5) is 0. The average molecular weight is 197 g/mol. The summed E-state index contributed by atoms with van der Waals surface area (Å²) >= 11 is 0. The maximum absolute atomic E-state index is 3.76. The van der Waals surface area contributed by atoms with Gasteiger partial charge in [-0.05, 0) is 50.9 Å². The minimum absolute atomic E-state index is 0.715. The van der Waals surface area contributed by atoms with Crippen molar-refractivity contribution in [1.29, 1.82) is 0 Å². The molecule has 0 saturated heterocycles. The molecule has 0 amide bonds. The molecule has 0 spiro atoms. The number of hydrogen-bond donors (Lipinski definition) is 1. The first-order valence-corrected chi connectivity index (χ1v) is 6.34. The second kappa shape index (κ2) is 5.75.